The molecule has 21 heteroatoms. The summed E-state index contributed by atoms with van der Waals surface area (Å²) in [5, 5.41) is 9.90. The van der Waals surface area contributed by atoms with E-state index in [9.17, 15) is 49.5 Å². The van der Waals surface area contributed by atoms with Crippen LogP contribution in [0.3, 0.4) is 0 Å². The van der Waals surface area contributed by atoms with Crippen molar-refractivity contribution in [3.8, 4) is 0 Å². The van der Waals surface area contributed by atoms with Crippen LogP contribution in [0.4, 0.5) is 39.9 Å². The summed E-state index contributed by atoms with van der Waals surface area (Å²) >= 11 is 0. The molecule has 0 saturated carbocycles. The number of benzene rings is 4. The van der Waals surface area contributed by atoms with Crippen molar-refractivity contribution in [2.75, 3.05) is 26.3 Å². The van der Waals surface area contributed by atoms with Gasteiger partial charge in [0, 0.05) is 38.0 Å². The minimum atomic E-state index is -5.08. The Morgan fingerprint density at radius 1 is 0.676 bits per heavy atom. The van der Waals surface area contributed by atoms with Crippen LogP contribution in [0, 0.1) is 11.6 Å². The van der Waals surface area contributed by atoms with Gasteiger partial charge in [0.15, 0.2) is 0 Å². The van der Waals surface area contributed by atoms with Crippen LogP contribution in [0.15, 0.2) is 109 Å². The topological polar surface area (TPSA) is 178 Å². The van der Waals surface area contributed by atoms with Gasteiger partial charge in [0.1, 0.15) is 17.2 Å². The molecule has 0 radical (unpaired) electrons. The number of rotatable bonds is 17. The van der Waals surface area contributed by atoms with E-state index in [1.54, 1.807) is 57.2 Å². The summed E-state index contributed by atoms with van der Waals surface area (Å²) in [6, 6.07) is 32.0. The van der Waals surface area contributed by atoms with E-state index in [0.717, 1.165) is 43.4 Å². The maximum Gasteiger partial charge on any atom is 0.490 e. The minimum absolute atomic E-state index is 0.00755. The van der Waals surface area contributed by atoms with Crippen LogP contribution >= 0.6 is 0 Å². The van der Waals surface area contributed by atoms with Gasteiger partial charge in [-0.1, -0.05) is 97.1 Å². The molecule has 6 rings (SSSR count). The van der Waals surface area contributed by atoms with E-state index >= 15 is 0 Å². The predicted octanol–water partition coefficient (Wildman–Crippen LogP) is 9.53. The molecule has 74 heavy (non-hydrogen) atoms. The van der Waals surface area contributed by atoms with Crippen molar-refractivity contribution in [1.29, 1.82) is 0 Å². The number of carboxylic acids is 1. The fraction of sp³-hybridized carbons (Fsp3) is 0.453. The predicted molar refractivity (Wildman–Crippen MR) is 258 cm³/mol. The van der Waals surface area contributed by atoms with Crippen molar-refractivity contribution in [3.63, 3.8) is 0 Å². The number of likely N-dealkylation sites (tertiary alicyclic amines) is 2. The number of carbonyl (C=O) groups excluding carboxylic acids is 4. The van der Waals surface area contributed by atoms with Crippen LogP contribution in [-0.4, -0.2) is 113 Å². The van der Waals surface area contributed by atoms with E-state index in [1.165, 1.54) is 12.1 Å². The van der Waals surface area contributed by atoms with Crippen molar-refractivity contribution < 1.29 is 78.4 Å². The van der Waals surface area contributed by atoms with Crippen LogP contribution in [0.25, 0.3) is 0 Å². The molecular weight excluding hydrogens is 989 g/mol. The highest BCUT2D eigenvalue weighted by Gasteiger charge is 2.38. The van der Waals surface area contributed by atoms with E-state index in [0.29, 0.717) is 50.5 Å². The quantitative estimate of drug-likeness (QED) is 0.0682. The zero-order valence-corrected chi connectivity index (χ0v) is 41.4. The third kappa shape index (κ3) is 24.5. The Kier molecular flexibility index (Phi) is 25.6. The van der Waals surface area contributed by atoms with Gasteiger partial charge in [-0.15, -0.1) is 0 Å². The fourth-order valence-corrected chi connectivity index (χ4v) is 7.71. The number of hydrogen-bond acceptors (Lipinski definition) is 9. The molecule has 0 bridgehead atoms. The second-order valence-corrected chi connectivity index (χ2v) is 18.3. The summed E-state index contributed by atoms with van der Waals surface area (Å²) in [7, 11) is 0. The monoisotopic (exact) mass is 1050 g/mol. The molecule has 13 nitrogen and oxygen atoms in total. The second-order valence-electron chi connectivity index (χ2n) is 18.3. The second kappa shape index (κ2) is 30.7. The molecule has 4 aromatic rings. The summed E-state index contributed by atoms with van der Waals surface area (Å²) < 4.78 is 108. The van der Waals surface area contributed by atoms with E-state index in [2.05, 4.69) is 5.32 Å². The molecule has 4 N–H and O–H groups in total. The number of nitrogens with two attached hydrogens (primary N) is 1. The lowest BCUT2D eigenvalue weighted by Gasteiger charge is -2.28. The number of nitrogens with one attached hydrogen (secondary N) is 1. The molecule has 2 aliphatic heterocycles. The number of hydrogen-bond donors (Lipinski definition) is 3. The Bertz CT molecular complexity index is 2340. The van der Waals surface area contributed by atoms with Crippen LogP contribution in [0.5, 0.6) is 0 Å². The molecule has 0 spiro atoms. The van der Waals surface area contributed by atoms with Gasteiger partial charge in [-0.3, -0.25) is 14.4 Å². The first-order valence-electron chi connectivity index (χ1n) is 23.7. The van der Waals surface area contributed by atoms with Gasteiger partial charge in [0.25, 0.3) is 0 Å². The number of alkyl halides is 6. The van der Waals surface area contributed by atoms with E-state index in [1.807, 2.05) is 70.5 Å². The first-order chi connectivity index (χ1) is 34.8. The molecule has 4 atom stereocenters. The number of carboxylic acid groups (broad SMARTS) is 1. The number of ether oxygens (including phenoxy) is 3. The average Bonchev–Trinajstić information content (AvgIpc) is 4.01. The molecule has 2 saturated heterocycles. The largest absolute Gasteiger partial charge is 0.490 e. The zero-order valence-electron chi connectivity index (χ0n) is 41.4. The maximum absolute atomic E-state index is 14.3. The fourth-order valence-electron chi connectivity index (χ4n) is 7.71. The van der Waals surface area contributed by atoms with E-state index < -0.39 is 42.3 Å². The number of alkyl carbamates (subject to hydrolysis) is 1. The lowest BCUT2D eigenvalue weighted by molar-refractivity contribution is -0.192. The Balaban J connectivity index is 0.000000319. The third-order valence-electron chi connectivity index (χ3n) is 11.1. The normalized spacial score (nSPS) is 16.2. The first-order valence-corrected chi connectivity index (χ1v) is 23.7. The van der Waals surface area contributed by atoms with Crippen LogP contribution in [0.1, 0.15) is 81.5 Å². The van der Waals surface area contributed by atoms with E-state index in [4.69, 9.17) is 34.6 Å². The van der Waals surface area contributed by atoms with Crippen molar-refractivity contribution >= 4 is 30.2 Å². The standard InChI is InChI=1S/C27H35FN2O4.C22H27FN2O2.C2HF3O2.C2HF3O/c1-27(2,3)34-26(32)29-22(16-21-12-7-8-14-24(21)28)17-25(31)30-15-9-13-23(30)19-33-18-20-10-5-4-6-11-20;23-21-11-5-4-9-18(21)13-19(24)14-22(26)25-12-6-10-20(25)16-27-15-17-7-2-1-3-8-17;3-2(4,5)1(6)7;3-2(4,5)1-6/h4-8,10-12,14,22-23H,9,13,15-19H2,1-3H3,(H,29,32);1-5,7-9,11,19-20H,6,10,12-16,24H2;(H,6,7);1H/t22-,23+;19-,20+;;/m11../s1. The lowest BCUT2D eigenvalue weighted by atomic mass is 10.0. The van der Waals surface area contributed by atoms with Crippen molar-refractivity contribution in [2.24, 2.45) is 5.73 Å². The Hall–Kier alpha value is -6.45. The third-order valence-corrected chi connectivity index (χ3v) is 11.1. The molecule has 2 fully saturated rings. The highest BCUT2D eigenvalue weighted by Crippen LogP contribution is 2.23. The molecule has 406 valence electrons. The van der Waals surface area contributed by atoms with Crippen LogP contribution < -0.4 is 11.1 Å². The summed E-state index contributed by atoms with van der Waals surface area (Å²) in [6.45, 7) is 8.74. The SMILES string of the molecule is CC(C)(C)OC(=O)N[C@@H](CC(=O)N1CCC[C@H]1COCc1ccccc1)Cc1ccccc1F.N[C@@H](CC(=O)N1CCC[C@H]1COCc1ccccc1)Cc1ccccc1F.O=C(O)C(F)(F)F.O=CC(F)(F)F. The molecule has 0 unspecified atom stereocenters. The molecule has 2 heterocycles. The van der Waals surface area contributed by atoms with E-state index in [-0.39, 0.29) is 60.8 Å². The van der Waals surface area contributed by atoms with Gasteiger partial charge < -0.3 is 40.2 Å². The van der Waals surface area contributed by atoms with Gasteiger partial charge in [-0.2, -0.15) is 26.3 Å². The molecule has 2 aliphatic rings. The Morgan fingerprint density at radius 3 is 1.46 bits per heavy atom. The van der Waals surface area contributed by atoms with Gasteiger partial charge in [0.2, 0.25) is 18.1 Å². The maximum atomic E-state index is 14.3. The van der Waals surface area contributed by atoms with Gasteiger partial charge in [-0.25, -0.2) is 18.4 Å². The van der Waals surface area contributed by atoms with Gasteiger partial charge in [0.05, 0.1) is 38.5 Å². The number of amides is 3. The number of nitrogens with zero attached hydrogens (tertiary/aromatic N) is 2. The highest BCUT2D eigenvalue weighted by molar-refractivity contribution is 5.79. The van der Waals surface area contributed by atoms with Crippen molar-refractivity contribution in [1.82, 2.24) is 15.1 Å². The molecule has 0 aromatic heterocycles. The summed E-state index contributed by atoms with van der Waals surface area (Å²) in [5.74, 6) is -3.44. The summed E-state index contributed by atoms with van der Waals surface area (Å²) in [5.41, 5.74) is 8.66. The smallest absolute Gasteiger partial charge is 0.475 e. The molecule has 0 aliphatic carbocycles. The Morgan fingerprint density at radius 2 is 1.07 bits per heavy atom. The zero-order chi connectivity index (χ0) is 54.9. The molecular formula is C53H64F8N4O9. The number of aliphatic carboxylic acids is 1. The number of halogens is 8. The summed E-state index contributed by atoms with van der Waals surface area (Å²) in [6.07, 6.45) is -6.86. The number of aldehydes is 1. The summed E-state index contributed by atoms with van der Waals surface area (Å²) in [4.78, 5) is 59.6. The Labute approximate surface area is 425 Å². The van der Waals surface area contributed by atoms with Crippen molar-refractivity contribution in [2.45, 2.75) is 127 Å². The average molecular weight is 1050 g/mol. The number of carbonyl (C=O) groups is 5. The highest BCUT2D eigenvalue weighted by atomic mass is 19.4. The van der Waals surface area contributed by atoms with Gasteiger partial charge in [-0.05, 0) is 93.7 Å². The van der Waals surface area contributed by atoms with Crippen LogP contribution in [0.2, 0.25) is 0 Å². The molecule has 4 aromatic carbocycles. The van der Waals surface area contributed by atoms with Gasteiger partial charge >= 0.3 is 24.4 Å². The van der Waals surface area contributed by atoms with Crippen LogP contribution in [-0.2, 0) is 59.4 Å². The van der Waals surface area contributed by atoms with Crippen molar-refractivity contribution in [3.05, 3.63) is 143 Å². The lowest BCUT2D eigenvalue weighted by Crippen LogP contribution is -2.45. The molecule has 3 amide bonds. The minimum Gasteiger partial charge on any atom is -0.475 e. The first kappa shape index (κ1) is 61.8.